The van der Waals surface area contributed by atoms with Crippen molar-refractivity contribution >= 4 is 23.5 Å². The van der Waals surface area contributed by atoms with Gasteiger partial charge < -0.3 is 55.1 Å². The fourth-order valence-electron chi connectivity index (χ4n) is 1.66. The molecule has 170 valence electrons. The molecule has 13 heteroatoms. The maximum absolute atomic E-state index is 9.82. The number of hydrogen-bond donors (Lipinski definition) is 8. The lowest BCUT2D eigenvalue weighted by molar-refractivity contribution is -0.191. The average molecular weight is 453 g/mol. The van der Waals surface area contributed by atoms with Gasteiger partial charge in [0.15, 0.2) is 18.9 Å². The van der Waals surface area contributed by atoms with Crippen molar-refractivity contribution in [1.29, 1.82) is 0 Å². The number of aliphatic hydroxyl groups is 8. The Labute approximate surface area is 172 Å². The van der Waals surface area contributed by atoms with Crippen LogP contribution >= 0.6 is 23.5 Å². The van der Waals surface area contributed by atoms with E-state index in [0.717, 1.165) is 23.5 Å². The molecule has 0 saturated heterocycles. The van der Waals surface area contributed by atoms with Crippen molar-refractivity contribution in [2.24, 2.45) is 5.41 Å². The van der Waals surface area contributed by atoms with Crippen LogP contribution in [0, 0.1) is 5.41 Å². The lowest BCUT2D eigenvalue weighted by atomic mass is 9.94. The third-order valence-electron chi connectivity index (χ3n) is 3.20. The molecule has 0 aliphatic heterocycles. The lowest BCUT2D eigenvalue weighted by Gasteiger charge is -2.31. The molecule has 0 bridgehead atoms. The molecule has 0 aliphatic rings. The van der Waals surface area contributed by atoms with Crippen LogP contribution in [0.1, 0.15) is 6.92 Å². The van der Waals surface area contributed by atoms with E-state index in [1.807, 2.05) is 0 Å². The molecule has 0 aromatic heterocycles. The molecule has 28 heavy (non-hydrogen) atoms. The number of aliphatic hydroxyl groups excluding tert-OH is 8. The molecule has 0 amide bonds. The second kappa shape index (κ2) is 16.0. The highest BCUT2D eigenvalue weighted by Gasteiger charge is 2.29. The molecule has 5 unspecified atom stereocenters. The molecule has 0 fully saturated rings. The molecule has 0 rings (SSSR count). The van der Waals surface area contributed by atoms with Gasteiger partial charge in [-0.15, -0.1) is 23.5 Å². The van der Waals surface area contributed by atoms with Gasteiger partial charge in [0.2, 0.25) is 0 Å². The van der Waals surface area contributed by atoms with Crippen molar-refractivity contribution in [3.05, 3.63) is 0 Å². The zero-order valence-electron chi connectivity index (χ0n) is 15.7. The van der Waals surface area contributed by atoms with E-state index in [-0.39, 0.29) is 31.3 Å². The Kier molecular flexibility index (Phi) is 16.2. The summed E-state index contributed by atoms with van der Waals surface area (Å²) < 4.78 is 15.7. The highest BCUT2D eigenvalue weighted by Crippen LogP contribution is 2.22. The van der Waals surface area contributed by atoms with Crippen molar-refractivity contribution < 1.29 is 55.1 Å². The Morgan fingerprint density at radius 3 is 1.32 bits per heavy atom. The molecule has 0 spiro atoms. The normalized spacial score (nSPS) is 19.6. The minimum Gasteiger partial charge on any atom is -0.393 e. The number of hydrogen-bond acceptors (Lipinski definition) is 13. The van der Waals surface area contributed by atoms with E-state index in [1.165, 1.54) is 0 Å². The van der Waals surface area contributed by atoms with Gasteiger partial charge in [0.05, 0.1) is 39.6 Å². The van der Waals surface area contributed by atoms with Crippen LogP contribution in [0.2, 0.25) is 0 Å². The summed E-state index contributed by atoms with van der Waals surface area (Å²) >= 11 is 1.79. The molecule has 0 aromatic rings. The van der Waals surface area contributed by atoms with Gasteiger partial charge in [-0.25, -0.2) is 0 Å². The zero-order chi connectivity index (χ0) is 21.6. The molecule has 0 aliphatic carbocycles. The molecular weight excluding hydrogens is 420 g/mol. The summed E-state index contributed by atoms with van der Waals surface area (Å²) in [4.78, 5) is 0. The van der Waals surface area contributed by atoms with Gasteiger partial charge in [0.1, 0.15) is 10.9 Å². The molecule has 0 radical (unpaired) electrons. The van der Waals surface area contributed by atoms with Crippen LogP contribution in [0.15, 0.2) is 0 Å². The fourth-order valence-corrected chi connectivity index (χ4v) is 2.84. The first-order valence-corrected chi connectivity index (χ1v) is 10.6. The molecule has 11 nitrogen and oxygen atoms in total. The molecular formula is C15H32O11S2. The van der Waals surface area contributed by atoms with Crippen molar-refractivity contribution in [2.75, 3.05) is 51.1 Å². The van der Waals surface area contributed by atoms with Crippen LogP contribution in [-0.4, -0.2) is 122 Å². The van der Waals surface area contributed by atoms with Crippen molar-refractivity contribution in [2.45, 2.75) is 36.7 Å². The summed E-state index contributed by atoms with van der Waals surface area (Å²) in [5, 5.41) is 73.8. The van der Waals surface area contributed by atoms with Gasteiger partial charge in [0, 0.05) is 16.9 Å². The van der Waals surface area contributed by atoms with Crippen LogP contribution in [0.25, 0.3) is 0 Å². The highest BCUT2D eigenvalue weighted by molar-refractivity contribution is 8.00. The minimum absolute atomic E-state index is 0.00288. The summed E-state index contributed by atoms with van der Waals surface area (Å²) in [6.07, 6.45) is -3.93. The Morgan fingerprint density at radius 2 is 1.00 bits per heavy atom. The summed E-state index contributed by atoms with van der Waals surface area (Å²) in [5.74, 6) is -0.00576. The zero-order valence-corrected chi connectivity index (χ0v) is 17.3. The maximum Gasteiger partial charge on any atom is 0.177 e. The molecule has 0 heterocycles. The van der Waals surface area contributed by atoms with E-state index in [1.54, 1.807) is 6.92 Å². The van der Waals surface area contributed by atoms with E-state index in [4.69, 9.17) is 29.5 Å². The molecule has 8 N–H and O–H groups in total. The topological polar surface area (TPSA) is 190 Å². The summed E-state index contributed by atoms with van der Waals surface area (Å²) in [7, 11) is 0. The third-order valence-corrected chi connectivity index (χ3v) is 5.23. The monoisotopic (exact) mass is 452 g/mol. The lowest BCUT2D eigenvalue weighted by Crippen LogP contribution is -2.39. The third kappa shape index (κ3) is 14.3. The quantitative estimate of drug-likeness (QED) is 0.0988. The Morgan fingerprint density at radius 1 is 0.643 bits per heavy atom. The van der Waals surface area contributed by atoms with Gasteiger partial charge in [-0.05, 0) is 0 Å². The number of rotatable bonds is 18. The first kappa shape index (κ1) is 28.3. The standard InChI is InChI=1S/C15H32O11S2/c1-15(7-24-10(19)2-16,8-25-11(20)5-27-13(22)3-17)9-26-12(21)6-28-14(23)4-18/h10-14,16-23H,2-9H2,1H3. The molecule has 0 aromatic carbocycles. The van der Waals surface area contributed by atoms with E-state index in [2.05, 4.69) is 0 Å². The molecule has 0 saturated carbocycles. The van der Waals surface area contributed by atoms with Crippen LogP contribution < -0.4 is 0 Å². The second-order valence-corrected chi connectivity index (χ2v) is 8.65. The van der Waals surface area contributed by atoms with Gasteiger partial charge in [-0.3, -0.25) is 0 Å². The predicted molar refractivity (Wildman–Crippen MR) is 102 cm³/mol. The predicted octanol–water partition coefficient (Wildman–Crippen LogP) is -2.92. The van der Waals surface area contributed by atoms with Crippen LogP contribution in [-0.2, 0) is 14.2 Å². The van der Waals surface area contributed by atoms with E-state index < -0.39 is 55.0 Å². The largest absolute Gasteiger partial charge is 0.393 e. The van der Waals surface area contributed by atoms with Crippen molar-refractivity contribution in [3.8, 4) is 0 Å². The average Bonchev–Trinajstić information content (AvgIpc) is 2.70. The van der Waals surface area contributed by atoms with E-state index >= 15 is 0 Å². The highest BCUT2D eigenvalue weighted by atomic mass is 32.2. The Balaban J connectivity index is 4.56. The van der Waals surface area contributed by atoms with Gasteiger partial charge in [0.25, 0.3) is 0 Å². The minimum atomic E-state index is -1.42. The Bertz CT molecular complexity index is 356. The van der Waals surface area contributed by atoms with Gasteiger partial charge in [-0.1, -0.05) is 6.92 Å². The second-order valence-electron chi connectivity index (χ2n) is 6.23. The maximum atomic E-state index is 9.82. The van der Waals surface area contributed by atoms with Crippen LogP contribution in [0.5, 0.6) is 0 Å². The van der Waals surface area contributed by atoms with Gasteiger partial charge in [-0.2, -0.15) is 0 Å². The Hall–Kier alpha value is 0.260. The van der Waals surface area contributed by atoms with E-state index in [9.17, 15) is 25.5 Å². The number of thioether (sulfide) groups is 2. The van der Waals surface area contributed by atoms with Gasteiger partial charge >= 0.3 is 0 Å². The SMILES string of the molecule is CC(COC(O)CO)(COC(O)CSC(O)CO)COC(O)CSC(O)CO. The summed E-state index contributed by atoms with van der Waals surface area (Å²) in [6.45, 7) is -0.251. The van der Waals surface area contributed by atoms with Crippen molar-refractivity contribution in [3.63, 3.8) is 0 Å². The summed E-state index contributed by atoms with van der Waals surface area (Å²) in [5.41, 5.74) is -3.02. The van der Waals surface area contributed by atoms with Crippen LogP contribution in [0.4, 0.5) is 0 Å². The summed E-state index contributed by atoms with van der Waals surface area (Å²) in [6, 6.07) is 0. The first-order chi connectivity index (χ1) is 13.2. The molecule has 5 atom stereocenters. The number of ether oxygens (including phenoxy) is 3. The van der Waals surface area contributed by atoms with E-state index in [0.29, 0.717) is 0 Å². The van der Waals surface area contributed by atoms with Crippen LogP contribution in [0.3, 0.4) is 0 Å². The smallest absolute Gasteiger partial charge is 0.177 e. The first-order valence-electron chi connectivity index (χ1n) is 8.46. The van der Waals surface area contributed by atoms with Crippen molar-refractivity contribution in [1.82, 2.24) is 0 Å². The fraction of sp³-hybridized carbons (Fsp3) is 1.00.